The van der Waals surface area contributed by atoms with Gasteiger partial charge in [-0.05, 0) is 49.2 Å². The second kappa shape index (κ2) is 5.82. The van der Waals surface area contributed by atoms with Gasteiger partial charge in [0.05, 0.1) is 20.9 Å². The van der Waals surface area contributed by atoms with Crippen molar-refractivity contribution in [2.45, 2.75) is 23.6 Å². The summed E-state index contributed by atoms with van der Waals surface area (Å²) in [7, 11) is -4.13. The third kappa shape index (κ3) is 2.70. The number of nitrogens with two attached hydrogens (primary N) is 1. The number of hydrogen-bond acceptors (Lipinski definition) is 6. The topological polar surface area (TPSA) is 116 Å². The Kier molecular flexibility index (Phi) is 3.92. The largest absolute Gasteiger partial charge is 0.397 e. The van der Waals surface area contributed by atoms with E-state index >= 15 is 0 Å². The molecule has 0 amide bonds. The first kappa shape index (κ1) is 16.8. The third-order valence-corrected chi connectivity index (χ3v) is 5.87. The Morgan fingerprint density at radius 2 is 1.84 bits per heavy atom. The fraction of sp³-hybridized carbons (Fsp3) is 0.118. The maximum Gasteiger partial charge on any atom is 0.297 e. The highest BCUT2D eigenvalue weighted by Crippen LogP contribution is 2.38. The molecular formula is C17H15N3O4S. The van der Waals surface area contributed by atoms with Crippen LogP contribution in [0.2, 0.25) is 0 Å². The molecule has 2 aromatic carbocycles. The van der Waals surface area contributed by atoms with Gasteiger partial charge in [0.15, 0.2) is 4.90 Å². The highest BCUT2D eigenvalue weighted by atomic mass is 32.2. The van der Waals surface area contributed by atoms with Gasteiger partial charge in [-0.1, -0.05) is 12.1 Å². The minimum Gasteiger partial charge on any atom is -0.397 e. The highest BCUT2D eigenvalue weighted by molar-refractivity contribution is 7.91. The predicted octanol–water partition coefficient (Wildman–Crippen LogP) is 3.17. The molecule has 2 N–H and O–H groups in total. The molecule has 0 atom stereocenters. The molecule has 25 heavy (non-hydrogen) atoms. The standard InChI is InChI=1S/C17H15N3O4S/c1-10-5-6-11(2)14(8-10)25(23,24)15-9-13(18)16-12(4-3-7-19-16)17(15)20(21)22/h3-9H,18H2,1-2H3. The van der Waals surface area contributed by atoms with Crippen LogP contribution < -0.4 is 5.73 Å². The molecule has 8 heteroatoms. The van der Waals surface area contributed by atoms with Crippen molar-refractivity contribution in [3.63, 3.8) is 0 Å². The van der Waals surface area contributed by atoms with Crippen molar-refractivity contribution < 1.29 is 13.3 Å². The summed E-state index contributed by atoms with van der Waals surface area (Å²) in [6, 6.07) is 9.01. The Labute approximate surface area is 144 Å². The van der Waals surface area contributed by atoms with Gasteiger partial charge in [-0.25, -0.2) is 8.42 Å². The molecule has 0 bridgehead atoms. The fourth-order valence-electron chi connectivity index (χ4n) is 2.75. The maximum atomic E-state index is 13.1. The van der Waals surface area contributed by atoms with Crippen LogP contribution in [-0.2, 0) is 9.84 Å². The number of nitro groups is 1. The Morgan fingerprint density at radius 3 is 2.52 bits per heavy atom. The smallest absolute Gasteiger partial charge is 0.297 e. The van der Waals surface area contributed by atoms with E-state index < -0.39 is 25.3 Å². The van der Waals surface area contributed by atoms with Crippen molar-refractivity contribution in [3.05, 3.63) is 63.8 Å². The maximum absolute atomic E-state index is 13.1. The summed E-state index contributed by atoms with van der Waals surface area (Å²) in [4.78, 5) is 14.6. The van der Waals surface area contributed by atoms with Gasteiger partial charge in [0, 0.05) is 6.20 Å². The van der Waals surface area contributed by atoms with Crippen molar-refractivity contribution in [1.82, 2.24) is 4.98 Å². The molecule has 0 spiro atoms. The third-order valence-electron chi connectivity index (χ3n) is 3.96. The van der Waals surface area contributed by atoms with E-state index in [0.29, 0.717) is 5.56 Å². The van der Waals surface area contributed by atoms with Crippen LogP contribution in [0.3, 0.4) is 0 Å². The second-order valence-corrected chi connectivity index (χ2v) is 7.63. The normalized spacial score (nSPS) is 11.6. The van der Waals surface area contributed by atoms with Crippen LogP contribution in [0.5, 0.6) is 0 Å². The van der Waals surface area contributed by atoms with Gasteiger partial charge < -0.3 is 5.73 Å². The molecule has 0 radical (unpaired) electrons. The van der Waals surface area contributed by atoms with Crippen molar-refractivity contribution in [2.24, 2.45) is 0 Å². The summed E-state index contributed by atoms with van der Waals surface area (Å²) in [5, 5.41) is 11.7. The summed E-state index contributed by atoms with van der Waals surface area (Å²) in [5.74, 6) is 0. The van der Waals surface area contributed by atoms with E-state index in [1.54, 1.807) is 26.0 Å². The number of nitrogens with zero attached hydrogens (tertiary/aromatic N) is 2. The highest BCUT2D eigenvalue weighted by Gasteiger charge is 2.32. The number of sulfone groups is 1. The molecular weight excluding hydrogens is 342 g/mol. The van der Waals surface area contributed by atoms with Gasteiger partial charge >= 0.3 is 0 Å². The van der Waals surface area contributed by atoms with E-state index in [2.05, 4.69) is 4.98 Å². The van der Waals surface area contributed by atoms with Crippen LogP contribution in [0, 0.1) is 24.0 Å². The number of fused-ring (bicyclic) bond motifs is 1. The van der Waals surface area contributed by atoms with E-state index in [0.717, 1.165) is 11.6 Å². The minimum absolute atomic E-state index is 0.0261. The zero-order valence-electron chi connectivity index (χ0n) is 13.6. The lowest BCUT2D eigenvalue weighted by Gasteiger charge is -2.12. The summed E-state index contributed by atoms with van der Waals surface area (Å²) >= 11 is 0. The predicted molar refractivity (Wildman–Crippen MR) is 94.2 cm³/mol. The summed E-state index contributed by atoms with van der Waals surface area (Å²) in [6.07, 6.45) is 1.45. The van der Waals surface area contributed by atoms with E-state index in [1.165, 1.54) is 24.4 Å². The van der Waals surface area contributed by atoms with Gasteiger partial charge in [0.25, 0.3) is 5.69 Å². The molecule has 3 rings (SSSR count). The lowest BCUT2D eigenvalue weighted by Crippen LogP contribution is -2.09. The van der Waals surface area contributed by atoms with E-state index in [4.69, 9.17) is 5.73 Å². The van der Waals surface area contributed by atoms with Crippen LogP contribution in [-0.4, -0.2) is 18.3 Å². The SMILES string of the molecule is Cc1ccc(C)c(S(=O)(=O)c2cc(N)c3ncccc3c2[N+](=O)[O-])c1. The summed E-state index contributed by atoms with van der Waals surface area (Å²) in [6.45, 7) is 3.40. The first-order chi connectivity index (χ1) is 11.7. The Balaban J connectivity index is 2.44. The van der Waals surface area contributed by atoms with Crippen LogP contribution >= 0.6 is 0 Å². The molecule has 0 unspecified atom stereocenters. The van der Waals surface area contributed by atoms with Crippen molar-refractivity contribution in [3.8, 4) is 0 Å². The average molecular weight is 357 g/mol. The average Bonchev–Trinajstić information content (AvgIpc) is 2.56. The molecule has 0 saturated heterocycles. The molecule has 0 saturated carbocycles. The number of rotatable bonds is 3. The molecule has 1 heterocycles. The number of pyridine rings is 1. The monoisotopic (exact) mass is 357 g/mol. The lowest BCUT2D eigenvalue weighted by atomic mass is 10.1. The van der Waals surface area contributed by atoms with E-state index in [-0.39, 0.29) is 21.5 Å². The van der Waals surface area contributed by atoms with Crippen LogP contribution in [0.15, 0.2) is 52.4 Å². The van der Waals surface area contributed by atoms with Crippen LogP contribution in [0.4, 0.5) is 11.4 Å². The van der Waals surface area contributed by atoms with Crippen molar-refractivity contribution >= 4 is 32.1 Å². The van der Waals surface area contributed by atoms with Gasteiger partial charge in [0.1, 0.15) is 5.52 Å². The zero-order chi connectivity index (χ0) is 18.4. The number of aromatic nitrogens is 1. The van der Waals surface area contributed by atoms with Gasteiger partial charge in [-0.2, -0.15) is 0 Å². The number of nitro benzene ring substituents is 1. The number of nitrogen functional groups attached to an aromatic ring is 1. The summed E-state index contributed by atoms with van der Waals surface area (Å²) < 4.78 is 26.3. The Morgan fingerprint density at radius 1 is 1.12 bits per heavy atom. The minimum atomic E-state index is -4.13. The Bertz CT molecular complexity index is 1120. The molecule has 3 aromatic rings. The van der Waals surface area contributed by atoms with Crippen molar-refractivity contribution in [1.29, 1.82) is 0 Å². The quantitative estimate of drug-likeness (QED) is 0.437. The van der Waals surface area contributed by atoms with Gasteiger partial charge in [0.2, 0.25) is 9.84 Å². The molecule has 128 valence electrons. The molecule has 0 fully saturated rings. The molecule has 0 aliphatic carbocycles. The lowest BCUT2D eigenvalue weighted by molar-refractivity contribution is -0.386. The fourth-order valence-corrected chi connectivity index (χ4v) is 4.54. The first-order valence-corrected chi connectivity index (χ1v) is 8.85. The first-order valence-electron chi connectivity index (χ1n) is 7.37. The van der Waals surface area contributed by atoms with Crippen molar-refractivity contribution in [2.75, 3.05) is 5.73 Å². The van der Waals surface area contributed by atoms with Crippen LogP contribution in [0.1, 0.15) is 11.1 Å². The molecule has 7 nitrogen and oxygen atoms in total. The Hall–Kier alpha value is -3.00. The zero-order valence-corrected chi connectivity index (χ0v) is 14.4. The van der Waals surface area contributed by atoms with E-state index in [9.17, 15) is 18.5 Å². The van der Waals surface area contributed by atoms with Gasteiger partial charge in [-0.3, -0.25) is 15.1 Å². The molecule has 0 aliphatic rings. The van der Waals surface area contributed by atoms with Crippen LogP contribution in [0.25, 0.3) is 10.9 Å². The number of benzene rings is 2. The number of hydrogen-bond donors (Lipinski definition) is 1. The van der Waals surface area contributed by atoms with E-state index in [1.807, 2.05) is 0 Å². The van der Waals surface area contributed by atoms with Gasteiger partial charge in [-0.15, -0.1) is 0 Å². The molecule has 1 aromatic heterocycles. The number of anilines is 1. The second-order valence-electron chi connectivity index (χ2n) is 5.74. The number of aryl methyl sites for hydroxylation is 2. The molecule has 0 aliphatic heterocycles. The summed E-state index contributed by atoms with van der Waals surface area (Å²) in [5.41, 5.74) is 6.92.